The van der Waals surface area contributed by atoms with Crippen molar-refractivity contribution in [2.45, 2.75) is 0 Å². The van der Waals surface area contributed by atoms with Crippen molar-refractivity contribution in [3.63, 3.8) is 0 Å². The van der Waals surface area contributed by atoms with Crippen LogP contribution < -0.4 is 9.00 Å². The Kier molecular flexibility index (Phi) is 2.13. The number of hydrogen-bond donors (Lipinski definition) is 1. The molecule has 0 saturated heterocycles. The average Bonchev–Trinajstić information content (AvgIpc) is 1.90. The van der Waals surface area contributed by atoms with Crippen molar-refractivity contribution in [3.05, 3.63) is 30.3 Å². The first-order valence-electron chi connectivity index (χ1n) is 2.39. The second-order valence-corrected chi connectivity index (χ2v) is 3.09. The van der Waals surface area contributed by atoms with E-state index in [0.29, 0.717) is 0 Å². The van der Waals surface area contributed by atoms with Gasteiger partial charge in [0, 0.05) is 0 Å². The maximum atomic E-state index is 5.44. The zero-order chi connectivity index (χ0) is 5.82. The van der Waals surface area contributed by atoms with Crippen LogP contribution in [0.15, 0.2) is 30.3 Å². The third kappa shape index (κ3) is 1.36. The quantitative estimate of drug-likeness (QED) is 0.581. The Hall–Kier alpha value is -0.262. The van der Waals surface area contributed by atoms with Gasteiger partial charge < -0.3 is 0 Å². The normalized spacial score (nSPS) is 10.6. The van der Waals surface area contributed by atoms with Gasteiger partial charge in [-0.3, -0.25) is 0 Å². The van der Waals surface area contributed by atoms with Crippen LogP contribution in [0.5, 0.6) is 0 Å². The van der Waals surface area contributed by atoms with E-state index >= 15 is 0 Å². The third-order valence-corrected chi connectivity index (χ3v) is 2.16. The first kappa shape index (κ1) is 5.87. The molecule has 0 heterocycles. The van der Waals surface area contributed by atoms with Gasteiger partial charge in [-0.2, -0.15) is 0 Å². The summed E-state index contributed by atoms with van der Waals surface area (Å²) in [5, 5.41) is 0. The van der Waals surface area contributed by atoms with E-state index in [2.05, 4.69) is 12.1 Å². The van der Waals surface area contributed by atoms with E-state index in [4.69, 9.17) is 4.65 Å². The fourth-order valence-corrected chi connectivity index (χ4v) is 1.24. The Bertz CT molecular complexity index is 150. The van der Waals surface area contributed by atoms with Crippen LogP contribution in [-0.4, -0.2) is 16.0 Å². The summed E-state index contributed by atoms with van der Waals surface area (Å²) in [5.74, 6) is 0. The van der Waals surface area contributed by atoms with Gasteiger partial charge in [0.15, 0.2) is 0 Å². The summed E-state index contributed by atoms with van der Waals surface area (Å²) in [6.07, 6.45) is 0. The van der Waals surface area contributed by atoms with Gasteiger partial charge in [-0.25, -0.2) is 0 Å². The standard InChI is InChI=1S/C6H7AsN/c8-7-6-4-2-1-3-5-6/h1-5H,8H2. The summed E-state index contributed by atoms with van der Waals surface area (Å²) in [5.41, 5.74) is 0. The number of rotatable bonds is 1. The van der Waals surface area contributed by atoms with Gasteiger partial charge >= 0.3 is 55.3 Å². The Morgan fingerprint density at radius 2 is 1.75 bits per heavy atom. The minimum atomic E-state index is -0.0680. The molecule has 0 bridgehead atoms. The summed E-state index contributed by atoms with van der Waals surface area (Å²) in [7, 11) is 0. The van der Waals surface area contributed by atoms with Crippen LogP contribution in [-0.2, 0) is 0 Å². The summed E-state index contributed by atoms with van der Waals surface area (Å²) in [6.45, 7) is 0. The minimum absolute atomic E-state index is 0.0680. The molecule has 2 N–H and O–H groups in total. The van der Waals surface area contributed by atoms with Crippen LogP contribution in [0.3, 0.4) is 0 Å². The van der Waals surface area contributed by atoms with Gasteiger partial charge in [0.1, 0.15) is 0 Å². The Labute approximate surface area is 55.8 Å². The van der Waals surface area contributed by atoms with Gasteiger partial charge in [0.25, 0.3) is 0 Å². The van der Waals surface area contributed by atoms with Gasteiger partial charge in [-0.15, -0.1) is 0 Å². The molecule has 0 fully saturated rings. The number of nitrogens with two attached hydrogens (primary N) is 1. The fourth-order valence-electron chi connectivity index (χ4n) is 0.514. The first-order chi connectivity index (χ1) is 3.93. The monoisotopic (exact) mass is 168 g/mol. The van der Waals surface area contributed by atoms with Crippen LogP contribution in [0.4, 0.5) is 0 Å². The predicted molar refractivity (Wildman–Crippen MR) is 36.0 cm³/mol. The third-order valence-electron chi connectivity index (χ3n) is 0.905. The van der Waals surface area contributed by atoms with Crippen molar-refractivity contribution in [2.75, 3.05) is 0 Å². The molecule has 0 atom stereocenters. The molecule has 8 heavy (non-hydrogen) atoms. The fraction of sp³-hybridized carbons (Fsp3) is 0. The van der Waals surface area contributed by atoms with Crippen LogP contribution in [0, 0.1) is 0 Å². The van der Waals surface area contributed by atoms with Crippen molar-refractivity contribution in [1.82, 2.24) is 0 Å². The molecule has 41 valence electrons. The molecule has 0 amide bonds. The molecule has 0 aromatic heterocycles. The molecule has 0 aliphatic rings. The topological polar surface area (TPSA) is 26.0 Å². The van der Waals surface area contributed by atoms with Gasteiger partial charge in [-0.05, 0) is 0 Å². The summed E-state index contributed by atoms with van der Waals surface area (Å²) < 4.78 is 6.72. The number of benzene rings is 1. The van der Waals surface area contributed by atoms with Crippen molar-refractivity contribution in [3.8, 4) is 0 Å². The Balaban J connectivity index is 2.83. The maximum absolute atomic E-state index is 5.44. The molecule has 0 saturated carbocycles. The van der Waals surface area contributed by atoms with E-state index in [9.17, 15) is 0 Å². The molecule has 1 radical (unpaired) electrons. The molecule has 0 aliphatic carbocycles. The van der Waals surface area contributed by atoms with Crippen molar-refractivity contribution in [2.24, 2.45) is 4.65 Å². The van der Waals surface area contributed by atoms with E-state index < -0.39 is 0 Å². The molecule has 1 aromatic rings. The van der Waals surface area contributed by atoms with E-state index in [0.717, 1.165) is 0 Å². The first-order valence-corrected chi connectivity index (χ1v) is 4.41. The molecule has 0 spiro atoms. The molecule has 0 unspecified atom stereocenters. The van der Waals surface area contributed by atoms with Crippen LogP contribution >= 0.6 is 0 Å². The number of hydrogen-bond acceptors (Lipinski definition) is 1. The van der Waals surface area contributed by atoms with E-state index in [-0.39, 0.29) is 16.0 Å². The van der Waals surface area contributed by atoms with E-state index in [1.807, 2.05) is 18.2 Å². The molecule has 0 aliphatic heterocycles. The van der Waals surface area contributed by atoms with Gasteiger partial charge in [-0.1, -0.05) is 0 Å². The molecule has 1 nitrogen and oxygen atoms in total. The zero-order valence-corrected chi connectivity index (χ0v) is 6.29. The Morgan fingerprint density at radius 3 is 2.12 bits per heavy atom. The summed E-state index contributed by atoms with van der Waals surface area (Å²) >= 11 is -0.0680. The van der Waals surface area contributed by atoms with Crippen LogP contribution in [0.1, 0.15) is 0 Å². The molecular weight excluding hydrogens is 161 g/mol. The zero-order valence-electron chi connectivity index (χ0n) is 4.41. The van der Waals surface area contributed by atoms with Crippen LogP contribution in [0.2, 0.25) is 0 Å². The second kappa shape index (κ2) is 2.91. The van der Waals surface area contributed by atoms with E-state index in [1.165, 1.54) is 4.35 Å². The summed E-state index contributed by atoms with van der Waals surface area (Å²) in [6, 6.07) is 10.1. The van der Waals surface area contributed by atoms with Crippen molar-refractivity contribution < 1.29 is 0 Å². The predicted octanol–water partition coefficient (Wildman–Crippen LogP) is -0.110. The SMILES string of the molecule is N[As]c1ccccc1. The molecule has 1 aromatic carbocycles. The summed E-state index contributed by atoms with van der Waals surface area (Å²) in [4.78, 5) is 0. The van der Waals surface area contributed by atoms with Gasteiger partial charge in [0.2, 0.25) is 0 Å². The average molecular weight is 168 g/mol. The molecule has 2 heteroatoms. The Morgan fingerprint density at radius 1 is 1.12 bits per heavy atom. The molecular formula is C6H7AsN. The van der Waals surface area contributed by atoms with Crippen molar-refractivity contribution in [1.29, 1.82) is 0 Å². The van der Waals surface area contributed by atoms with Crippen molar-refractivity contribution >= 4 is 20.3 Å². The van der Waals surface area contributed by atoms with Crippen LogP contribution in [0.25, 0.3) is 0 Å². The molecule has 1 rings (SSSR count). The second-order valence-electron chi connectivity index (χ2n) is 1.46. The van der Waals surface area contributed by atoms with E-state index in [1.54, 1.807) is 0 Å². The van der Waals surface area contributed by atoms with Gasteiger partial charge in [0.05, 0.1) is 0 Å².